The molecule has 0 radical (unpaired) electrons. The van der Waals surface area contributed by atoms with Crippen molar-refractivity contribution in [3.63, 3.8) is 0 Å². The molecule has 0 unspecified atom stereocenters. The Morgan fingerprint density at radius 1 is 1.18 bits per heavy atom. The van der Waals surface area contributed by atoms with Gasteiger partial charge < -0.3 is 31.0 Å². The number of hydrogen-bond donors (Lipinski definition) is 5. The van der Waals surface area contributed by atoms with Crippen molar-refractivity contribution in [3.8, 4) is 5.75 Å². The first-order chi connectivity index (χ1) is 17.5. The molecule has 11 nitrogen and oxygen atoms in total. The highest BCUT2D eigenvalue weighted by molar-refractivity contribution is 6.24. The third-order valence-electron chi connectivity index (χ3n) is 7.45. The Hall–Kier alpha value is -3.70. The lowest BCUT2D eigenvalue weighted by Crippen LogP contribution is -2.65. The summed E-state index contributed by atoms with van der Waals surface area (Å²) in [6.07, 6.45) is 0.177. The molecular weight excluding hydrogens is 506 g/mol. The SMILES string of the molecule is C.C/C(=N\OC(C)(C)C)c1ccc(O)c2c1C[C@H]1C[C@H]3[C@H](N(C)C)C(=O)C(C(N)=O)=C(O)[C@@]3(O)C(=O)C1=C2O. The number of phenols is 1. The first kappa shape index (κ1) is 29.9. The zero-order valence-electron chi connectivity index (χ0n) is 22.2. The van der Waals surface area contributed by atoms with E-state index < -0.39 is 63.6 Å². The van der Waals surface area contributed by atoms with Gasteiger partial charge in [-0.1, -0.05) is 12.6 Å². The van der Waals surface area contributed by atoms with Gasteiger partial charge in [0.15, 0.2) is 11.4 Å². The molecule has 0 aromatic heterocycles. The molecule has 3 aliphatic carbocycles. The first-order valence-corrected chi connectivity index (χ1v) is 12.2. The molecule has 0 bridgehead atoms. The van der Waals surface area contributed by atoms with Crippen molar-refractivity contribution in [2.45, 2.75) is 65.2 Å². The van der Waals surface area contributed by atoms with Crippen molar-refractivity contribution < 1.29 is 39.6 Å². The number of primary amides is 1. The van der Waals surface area contributed by atoms with Crippen molar-refractivity contribution in [2.75, 3.05) is 14.1 Å². The smallest absolute Gasteiger partial charge is 0.255 e. The molecule has 1 amide bonds. The van der Waals surface area contributed by atoms with Crippen molar-refractivity contribution in [1.29, 1.82) is 0 Å². The summed E-state index contributed by atoms with van der Waals surface area (Å²) in [7, 11) is 3.11. The Morgan fingerprint density at radius 2 is 1.79 bits per heavy atom. The predicted molar refractivity (Wildman–Crippen MR) is 144 cm³/mol. The van der Waals surface area contributed by atoms with Gasteiger partial charge in [0, 0.05) is 17.1 Å². The lowest BCUT2D eigenvalue weighted by molar-refractivity contribution is -0.153. The molecule has 6 N–H and O–H groups in total. The summed E-state index contributed by atoms with van der Waals surface area (Å²) in [5.74, 6) is -6.89. The summed E-state index contributed by atoms with van der Waals surface area (Å²) in [5, 5.41) is 48.7. The van der Waals surface area contributed by atoms with Gasteiger partial charge in [-0.2, -0.15) is 0 Å². The van der Waals surface area contributed by atoms with Crippen LogP contribution < -0.4 is 5.73 Å². The summed E-state index contributed by atoms with van der Waals surface area (Å²) in [6, 6.07) is 1.86. The third-order valence-corrected chi connectivity index (χ3v) is 7.45. The Kier molecular flexibility index (Phi) is 7.50. The van der Waals surface area contributed by atoms with Crippen molar-refractivity contribution >= 4 is 28.9 Å². The van der Waals surface area contributed by atoms with E-state index >= 15 is 0 Å². The van der Waals surface area contributed by atoms with Crippen LogP contribution in [0.25, 0.3) is 5.76 Å². The molecular formula is C28H37N3O8. The molecule has 1 saturated carbocycles. The number of aliphatic hydroxyl groups is 3. The highest BCUT2D eigenvalue weighted by Gasteiger charge is 2.64. The molecule has 0 aliphatic heterocycles. The van der Waals surface area contributed by atoms with Crippen LogP contribution in [0.5, 0.6) is 5.75 Å². The monoisotopic (exact) mass is 543 g/mol. The number of nitrogens with zero attached hydrogens (tertiary/aromatic N) is 2. The van der Waals surface area contributed by atoms with Crippen molar-refractivity contribution in [1.82, 2.24) is 4.90 Å². The number of rotatable bonds is 4. The number of ketones is 2. The van der Waals surface area contributed by atoms with E-state index in [0.29, 0.717) is 16.8 Å². The number of carbonyl (C=O) groups excluding carboxylic acids is 3. The van der Waals surface area contributed by atoms with Crippen LogP contribution in [-0.2, 0) is 25.6 Å². The largest absolute Gasteiger partial charge is 0.508 e. The number of aromatic hydroxyl groups is 1. The van der Waals surface area contributed by atoms with Gasteiger partial charge in [-0.05, 0) is 78.2 Å². The molecule has 0 saturated heterocycles. The molecule has 4 rings (SSSR count). The van der Waals surface area contributed by atoms with Crippen LogP contribution in [0.1, 0.15) is 58.2 Å². The van der Waals surface area contributed by atoms with Crippen LogP contribution in [-0.4, -0.2) is 79.9 Å². The van der Waals surface area contributed by atoms with Gasteiger partial charge >= 0.3 is 0 Å². The molecule has 1 aromatic carbocycles. The molecule has 0 heterocycles. The zero-order chi connectivity index (χ0) is 28.5. The summed E-state index contributed by atoms with van der Waals surface area (Å²) in [4.78, 5) is 46.1. The summed E-state index contributed by atoms with van der Waals surface area (Å²) >= 11 is 0. The number of fused-ring (bicyclic) bond motifs is 3. The Labute approximate surface area is 227 Å². The normalized spacial score (nSPS) is 27.1. The van der Waals surface area contributed by atoms with Crippen LogP contribution in [0.15, 0.2) is 34.2 Å². The average molecular weight is 544 g/mol. The van der Waals surface area contributed by atoms with Gasteiger partial charge in [0.2, 0.25) is 5.78 Å². The zero-order valence-corrected chi connectivity index (χ0v) is 22.2. The fourth-order valence-corrected chi connectivity index (χ4v) is 5.84. The number of benzene rings is 1. The fraction of sp³-hybridized carbons (Fsp3) is 0.500. The second-order valence-corrected chi connectivity index (χ2v) is 11.3. The summed E-state index contributed by atoms with van der Waals surface area (Å²) in [6.45, 7) is 7.24. The summed E-state index contributed by atoms with van der Waals surface area (Å²) in [5.41, 5.74) is 2.66. The van der Waals surface area contributed by atoms with Gasteiger partial charge in [0.1, 0.15) is 28.4 Å². The van der Waals surface area contributed by atoms with Gasteiger partial charge in [-0.3, -0.25) is 19.3 Å². The average Bonchev–Trinajstić information content (AvgIpc) is 2.79. The molecule has 1 fully saturated rings. The van der Waals surface area contributed by atoms with Crippen molar-refractivity contribution in [2.24, 2.45) is 22.7 Å². The minimum Gasteiger partial charge on any atom is -0.508 e. The van der Waals surface area contributed by atoms with Gasteiger partial charge in [0.25, 0.3) is 5.91 Å². The number of likely N-dealkylation sites (N-methyl/N-ethyl adjacent to an activating group) is 1. The Balaban J connectivity index is 0.00000420. The molecule has 1 aromatic rings. The van der Waals surface area contributed by atoms with Gasteiger partial charge in [0.05, 0.1) is 17.3 Å². The minimum absolute atomic E-state index is 0. The number of Topliss-reactive ketones (excluding diaryl/α,β-unsaturated/α-hetero) is 2. The van der Waals surface area contributed by atoms with E-state index in [9.17, 15) is 34.8 Å². The molecule has 212 valence electrons. The number of aliphatic hydroxyl groups excluding tert-OH is 2. The number of oxime groups is 1. The number of amides is 1. The highest BCUT2D eigenvalue weighted by atomic mass is 16.6. The maximum absolute atomic E-state index is 13.9. The number of nitrogens with two attached hydrogens (primary N) is 1. The maximum Gasteiger partial charge on any atom is 0.255 e. The van der Waals surface area contributed by atoms with Crippen LogP contribution in [0, 0.1) is 11.8 Å². The van der Waals surface area contributed by atoms with E-state index in [1.165, 1.54) is 11.0 Å². The molecule has 0 spiro atoms. The van der Waals surface area contributed by atoms with Crippen LogP contribution in [0.3, 0.4) is 0 Å². The van der Waals surface area contributed by atoms with E-state index in [2.05, 4.69) is 5.16 Å². The van der Waals surface area contributed by atoms with E-state index in [4.69, 9.17) is 10.6 Å². The first-order valence-electron chi connectivity index (χ1n) is 12.2. The quantitative estimate of drug-likeness (QED) is 0.216. The van der Waals surface area contributed by atoms with E-state index in [0.717, 1.165) is 0 Å². The topological polar surface area (TPSA) is 183 Å². The van der Waals surface area contributed by atoms with Crippen LogP contribution >= 0.6 is 0 Å². The van der Waals surface area contributed by atoms with Gasteiger partial charge in [-0.25, -0.2) is 0 Å². The standard InChI is InChI=1S/C27H33N3O8.CH4/c1-11(29-38-26(2,3)4)13-7-8-16(31)18-14(13)9-12-10-15-20(30(5)6)22(33)19(25(28)36)24(35)27(15,37)23(34)17(12)21(18)32;/h7-8,12,15,20,31-32,35,37H,9-10H2,1-6H3,(H2,28,36);1H4/b29-11+;/t12-,15-,20-,27-;/m0./s1. The third kappa shape index (κ3) is 4.49. The predicted octanol–water partition coefficient (Wildman–Crippen LogP) is 2.14. The molecule has 4 atom stereocenters. The van der Waals surface area contributed by atoms with E-state index in [-0.39, 0.29) is 37.2 Å². The fourth-order valence-electron chi connectivity index (χ4n) is 5.84. The molecule has 11 heteroatoms. The van der Waals surface area contributed by atoms with Gasteiger partial charge in [-0.15, -0.1) is 0 Å². The van der Waals surface area contributed by atoms with Crippen molar-refractivity contribution in [3.05, 3.63) is 45.7 Å². The van der Waals surface area contributed by atoms with Crippen LogP contribution in [0.4, 0.5) is 0 Å². The molecule has 3 aliphatic rings. The summed E-state index contributed by atoms with van der Waals surface area (Å²) < 4.78 is 0. The minimum atomic E-state index is -2.67. The van der Waals surface area contributed by atoms with Crippen LogP contribution in [0.2, 0.25) is 0 Å². The van der Waals surface area contributed by atoms with E-state index in [1.54, 1.807) is 27.1 Å². The second-order valence-electron chi connectivity index (χ2n) is 11.3. The Morgan fingerprint density at radius 3 is 2.33 bits per heavy atom. The number of carbonyl (C=O) groups is 3. The second kappa shape index (κ2) is 9.80. The lowest BCUT2D eigenvalue weighted by Gasteiger charge is -2.50. The number of hydrogen-bond acceptors (Lipinski definition) is 10. The molecule has 39 heavy (non-hydrogen) atoms. The number of phenolic OH excluding ortho intramolecular Hbond substituents is 1. The maximum atomic E-state index is 13.9. The van der Waals surface area contributed by atoms with E-state index in [1.807, 2.05) is 20.8 Å². The highest BCUT2D eigenvalue weighted by Crippen LogP contribution is 2.53. The lowest BCUT2D eigenvalue weighted by atomic mass is 9.57. The Bertz CT molecular complexity index is 1350.